The molecule has 2 aromatic heterocycles. The van der Waals surface area contributed by atoms with Crippen LogP contribution in [0.2, 0.25) is 10.0 Å². The topological polar surface area (TPSA) is 121 Å². The van der Waals surface area contributed by atoms with Gasteiger partial charge in [0.15, 0.2) is 11.2 Å². The second kappa shape index (κ2) is 9.64. The van der Waals surface area contributed by atoms with Gasteiger partial charge in [-0.15, -0.1) is 0 Å². The number of methoxy groups -OCH3 is 3. The Bertz CT molecular complexity index is 1760. The SMILES string of the molecule is COc1cc(Cl)cc(N2C(=O)c3nc(-c4cnc(OC)nc4OC)n(C(C)C)c3[C@@]23C(=O)Nc2cc(Cl)ccc23)c1. The third-order valence-corrected chi connectivity index (χ3v) is 7.61. The maximum atomic E-state index is 14.4. The van der Waals surface area contributed by atoms with Gasteiger partial charge < -0.3 is 24.1 Å². The van der Waals surface area contributed by atoms with Crippen molar-refractivity contribution in [2.24, 2.45) is 0 Å². The molecule has 6 rings (SSSR count). The number of imidazole rings is 1. The summed E-state index contributed by atoms with van der Waals surface area (Å²) in [5.74, 6) is 0.0184. The Kier molecular flexibility index (Phi) is 6.31. The molecular weight excluding hydrogens is 571 g/mol. The van der Waals surface area contributed by atoms with Crippen LogP contribution in [0.1, 0.15) is 41.6 Å². The summed E-state index contributed by atoms with van der Waals surface area (Å²) in [7, 11) is 4.41. The lowest BCUT2D eigenvalue weighted by molar-refractivity contribution is -0.119. The van der Waals surface area contributed by atoms with Gasteiger partial charge in [-0.05, 0) is 38.1 Å². The summed E-state index contributed by atoms with van der Waals surface area (Å²) in [6.07, 6.45) is 1.51. The number of amides is 2. The van der Waals surface area contributed by atoms with Gasteiger partial charge >= 0.3 is 6.01 Å². The Labute approximate surface area is 245 Å². The molecule has 2 amide bonds. The largest absolute Gasteiger partial charge is 0.497 e. The molecule has 1 atom stereocenters. The highest BCUT2D eigenvalue weighted by Gasteiger charge is 2.64. The van der Waals surface area contributed by atoms with E-state index in [0.717, 1.165) is 0 Å². The molecule has 13 heteroatoms. The van der Waals surface area contributed by atoms with Crippen LogP contribution >= 0.6 is 23.2 Å². The number of hydrogen-bond acceptors (Lipinski definition) is 8. The normalized spacial score (nSPS) is 17.2. The van der Waals surface area contributed by atoms with Gasteiger partial charge in [0.2, 0.25) is 5.88 Å². The monoisotopic (exact) mass is 594 g/mol. The number of hydrogen-bond donors (Lipinski definition) is 1. The van der Waals surface area contributed by atoms with Crippen molar-refractivity contribution in [1.29, 1.82) is 0 Å². The van der Waals surface area contributed by atoms with Crippen molar-refractivity contribution in [2.75, 3.05) is 31.5 Å². The first kappa shape index (κ1) is 26.9. The van der Waals surface area contributed by atoms with E-state index in [4.69, 9.17) is 42.4 Å². The molecule has 4 heterocycles. The first-order valence-electron chi connectivity index (χ1n) is 12.5. The Morgan fingerprint density at radius 3 is 2.41 bits per heavy atom. The second-order valence-electron chi connectivity index (χ2n) is 9.72. The lowest BCUT2D eigenvalue weighted by atomic mass is 9.87. The molecule has 2 aliphatic rings. The number of carbonyl (C=O) groups excluding carboxylic acids is 2. The second-order valence-corrected chi connectivity index (χ2v) is 10.6. The third kappa shape index (κ3) is 3.76. The summed E-state index contributed by atoms with van der Waals surface area (Å²) in [4.78, 5) is 43.5. The summed E-state index contributed by atoms with van der Waals surface area (Å²) >= 11 is 12.8. The van der Waals surface area contributed by atoms with Gasteiger partial charge in [0, 0.05) is 39.6 Å². The predicted octanol–water partition coefficient (Wildman–Crippen LogP) is 5.11. The van der Waals surface area contributed by atoms with E-state index in [2.05, 4.69) is 15.3 Å². The molecule has 0 aliphatic carbocycles. The summed E-state index contributed by atoms with van der Waals surface area (Å²) in [5.41, 5.74) is 0.599. The van der Waals surface area contributed by atoms with Crippen molar-refractivity contribution < 1.29 is 23.8 Å². The number of halogens is 2. The number of nitrogens with one attached hydrogen (secondary N) is 1. The summed E-state index contributed by atoms with van der Waals surface area (Å²) < 4.78 is 18.0. The van der Waals surface area contributed by atoms with E-state index in [0.29, 0.717) is 49.8 Å². The Morgan fingerprint density at radius 2 is 1.73 bits per heavy atom. The molecule has 0 saturated carbocycles. The van der Waals surface area contributed by atoms with Crippen LogP contribution in [0, 0.1) is 0 Å². The molecule has 0 bridgehead atoms. The van der Waals surface area contributed by atoms with Gasteiger partial charge in [-0.25, -0.2) is 9.97 Å². The number of rotatable bonds is 6. The van der Waals surface area contributed by atoms with Crippen LogP contribution in [0.5, 0.6) is 17.6 Å². The van der Waals surface area contributed by atoms with Crippen LogP contribution in [-0.4, -0.2) is 52.7 Å². The lowest BCUT2D eigenvalue weighted by Gasteiger charge is -2.36. The molecule has 2 aliphatic heterocycles. The number of ether oxygens (including phenoxy) is 3. The lowest BCUT2D eigenvalue weighted by Crippen LogP contribution is -2.51. The van der Waals surface area contributed by atoms with Crippen LogP contribution < -0.4 is 24.4 Å². The Hall–Kier alpha value is -4.35. The Balaban J connectivity index is 1.71. The number of nitrogens with zero attached hydrogens (tertiary/aromatic N) is 5. The minimum atomic E-state index is -1.65. The molecule has 4 aromatic rings. The van der Waals surface area contributed by atoms with Crippen LogP contribution in [0.25, 0.3) is 11.4 Å². The van der Waals surface area contributed by atoms with E-state index in [9.17, 15) is 9.59 Å². The molecule has 0 fully saturated rings. The average Bonchev–Trinajstić information content (AvgIpc) is 3.56. The molecule has 11 nitrogen and oxygen atoms in total. The van der Waals surface area contributed by atoms with Crippen molar-refractivity contribution in [1.82, 2.24) is 19.5 Å². The number of benzene rings is 2. The molecule has 0 unspecified atom stereocenters. The minimum absolute atomic E-state index is 0.0865. The minimum Gasteiger partial charge on any atom is -0.497 e. The standard InChI is InChI=1S/C28H24Cl2N6O5/c1-13(2)35-22-21(33-23(35)18-12-31-27(41-5)34-24(18)40-4)25(37)36(16-8-15(30)9-17(11-16)39-3)28(22)19-7-6-14(29)10-20(19)32-26(28)38/h6-13H,1-5H3,(H,32,38)/t28-/m0/s1. The number of aromatic nitrogens is 4. The van der Waals surface area contributed by atoms with Crippen molar-refractivity contribution in [3.8, 4) is 29.0 Å². The predicted molar refractivity (Wildman–Crippen MR) is 152 cm³/mol. The summed E-state index contributed by atoms with van der Waals surface area (Å²) in [5, 5.41) is 3.70. The molecular formula is C28H24Cl2N6O5. The highest BCUT2D eigenvalue weighted by Crippen LogP contribution is 2.55. The van der Waals surface area contributed by atoms with E-state index in [-0.39, 0.29) is 23.6 Å². The van der Waals surface area contributed by atoms with E-state index in [1.54, 1.807) is 36.4 Å². The van der Waals surface area contributed by atoms with Gasteiger partial charge in [-0.3, -0.25) is 14.5 Å². The molecule has 2 aromatic carbocycles. The van der Waals surface area contributed by atoms with Gasteiger partial charge in [0.05, 0.1) is 38.3 Å². The number of carbonyl (C=O) groups is 2. The van der Waals surface area contributed by atoms with E-state index in [1.165, 1.54) is 32.4 Å². The number of fused-ring (bicyclic) bond motifs is 4. The zero-order valence-corrected chi connectivity index (χ0v) is 24.2. The first-order chi connectivity index (χ1) is 19.6. The molecule has 0 saturated heterocycles. The van der Waals surface area contributed by atoms with Crippen LogP contribution in [-0.2, 0) is 10.3 Å². The molecule has 210 valence electrons. The maximum absolute atomic E-state index is 14.4. The van der Waals surface area contributed by atoms with Gasteiger partial charge in [-0.1, -0.05) is 29.3 Å². The molecule has 41 heavy (non-hydrogen) atoms. The van der Waals surface area contributed by atoms with Crippen LogP contribution in [0.4, 0.5) is 11.4 Å². The van der Waals surface area contributed by atoms with E-state index in [1.807, 2.05) is 18.4 Å². The van der Waals surface area contributed by atoms with Crippen LogP contribution in [0.3, 0.4) is 0 Å². The van der Waals surface area contributed by atoms with E-state index >= 15 is 0 Å². The van der Waals surface area contributed by atoms with Crippen molar-refractivity contribution in [3.05, 3.63) is 69.6 Å². The van der Waals surface area contributed by atoms with Crippen molar-refractivity contribution >= 4 is 46.4 Å². The van der Waals surface area contributed by atoms with Gasteiger partial charge in [-0.2, -0.15) is 4.98 Å². The highest BCUT2D eigenvalue weighted by atomic mass is 35.5. The van der Waals surface area contributed by atoms with Crippen molar-refractivity contribution in [2.45, 2.75) is 25.4 Å². The number of anilines is 2. The maximum Gasteiger partial charge on any atom is 0.319 e. The summed E-state index contributed by atoms with van der Waals surface area (Å²) in [6, 6.07) is 9.79. The fourth-order valence-electron chi connectivity index (χ4n) is 5.58. The van der Waals surface area contributed by atoms with Gasteiger partial charge in [0.25, 0.3) is 11.8 Å². The third-order valence-electron chi connectivity index (χ3n) is 7.16. The average molecular weight is 595 g/mol. The Morgan fingerprint density at radius 1 is 0.951 bits per heavy atom. The fraction of sp³-hybridized carbons (Fsp3) is 0.250. The van der Waals surface area contributed by atoms with E-state index < -0.39 is 17.4 Å². The molecule has 0 radical (unpaired) electrons. The van der Waals surface area contributed by atoms with Crippen LogP contribution in [0.15, 0.2) is 42.6 Å². The zero-order valence-electron chi connectivity index (χ0n) is 22.7. The molecule has 1 N–H and O–H groups in total. The van der Waals surface area contributed by atoms with Gasteiger partial charge in [0.1, 0.15) is 11.6 Å². The first-order valence-corrected chi connectivity index (χ1v) is 13.3. The smallest absolute Gasteiger partial charge is 0.319 e. The quantitative estimate of drug-likeness (QED) is 0.327. The van der Waals surface area contributed by atoms with Crippen molar-refractivity contribution in [3.63, 3.8) is 0 Å². The molecule has 1 spiro atoms. The summed E-state index contributed by atoms with van der Waals surface area (Å²) in [6.45, 7) is 3.86. The highest BCUT2D eigenvalue weighted by molar-refractivity contribution is 6.32. The fourth-order valence-corrected chi connectivity index (χ4v) is 5.97. The zero-order chi connectivity index (χ0) is 29.2.